The molecule has 1 heterocycles. The van der Waals surface area contributed by atoms with Crippen LogP contribution in [-0.4, -0.2) is 16.0 Å². The summed E-state index contributed by atoms with van der Waals surface area (Å²) in [6, 6.07) is 15.3. The van der Waals surface area contributed by atoms with Crippen molar-refractivity contribution in [3.63, 3.8) is 0 Å². The second-order valence-electron chi connectivity index (χ2n) is 7.03. The summed E-state index contributed by atoms with van der Waals surface area (Å²) >= 11 is 0. The maximum atomic E-state index is 12.8. The summed E-state index contributed by atoms with van der Waals surface area (Å²) in [7, 11) is 0. The Bertz CT molecular complexity index is 932. The average Bonchev–Trinajstić information content (AvgIpc) is 3.11. The highest BCUT2D eigenvalue weighted by atomic mass is 16.5. The summed E-state index contributed by atoms with van der Waals surface area (Å²) in [5.74, 6) is 1.67. The second kappa shape index (κ2) is 8.69. The Balaban J connectivity index is 1.68. The number of nitrogens with zero attached hydrogens (tertiary/aromatic N) is 2. The van der Waals surface area contributed by atoms with E-state index in [0.29, 0.717) is 28.9 Å². The summed E-state index contributed by atoms with van der Waals surface area (Å²) in [4.78, 5) is 16.9. The molecule has 0 bridgehead atoms. The number of aromatic nitrogens is 2. The van der Waals surface area contributed by atoms with Crippen LogP contribution in [0.15, 0.2) is 53.1 Å². The van der Waals surface area contributed by atoms with Gasteiger partial charge in [0.15, 0.2) is 6.61 Å². The highest BCUT2D eigenvalue weighted by Gasteiger charge is 2.16. The number of hydrogen-bond acceptors (Lipinski definition) is 5. The van der Waals surface area contributed by atoms with Crippen molar-refractivity contribution < 1.29 is 14.1 Å². The van der Waals surface area contributed by atoms with Gasteiger partial charge in [-0.05, 0) is 36.1 Å². The van der Waals surface area contributed by atoms with Crippen molar-refractivity contribution in [2.45, 2.75) is 46.3 Å². The third-order valence-electron chi connectivity index (χ3n) is 4.51. The molecular weight excluding hydrogens is 354 g/mol. The first-order valence-corrected chi connectivity index (χ1v) is 9.35. The molecule has 0 radical (unpaired) electrons. The van der Waals surface area contributed by atoms with Crippen LogP contribution in [0.1, 0.15) is 65.9 Å². The SMILES string of the molecule is Cc1nc(COc2ccccc2C(=O)NC(C)c2ccc(C(C)C)cc2)no1. The van der Waals surface area contributed by atoms with Crippen LogP contribution in [0.4, 0.5) is 0 Å². The molecule has 3 rings (SSSR count). The number of para-hydroxylation sites is 1. The lowest BCUT2D eigenvalue weighted by atomic mass is 9.99. The number of hydrogen-bond donors (Lipinski definition) is 1. The zero-order valence-electron chi connectivity index (χ0n) is 16.6. The standard InChI is InChI=1S/C22H25N3O3/c1-14(2)17-9-11-18(12-10-17)15(3)23-22(26)19-7-5-6-8-20(19)27-13-21-24-16(4)28-25-21/h5-12,14-15H,13H2,1-4H3,(H,23,26). The highest BCUT2D eigenvalue weighted by Crippen LogP contribution is 2.22. The van der Waals surface area contributed by atoms with E-state index in [9.17, 15) is 4.79 Å². The zero-order valence-corrected chi connectivity index (χ0v) is 16.6. The Morgan fingerprint density at radius 2 is 1.75 bits per heavy atom. The van der Waals surface area contributed by atoms with E-state index >= 15 is 0 Å². The monoisotopic (exact) mass is 379 g/mol. The molecule has 0 saturated heterocycles. The molecule has 0 saturated carbocycles. The Hall–Kier alpha value is -3.15. The van der Waals surface area contributed by atoms with Gasteiger partial charge in [-0.2, -0.15) is 4.98 Å². The fourth-order valence-corrected chi connectivity index (χ4v) is 2.85. The quantitative estimate of drug-likeness (QED) is 0.650. The van der Waals surface area contributed by atoms with E-state index in [1.165, 1.54) is 5.56 Å². The largest absolute Gasteiger partial charge is 0.485 e. The molecule has 6 nitrogen and oxygen atoms in total. The van der Waals surface area contributed by atoms with E-state index in [0.717, 1.165) is 5.56 Å². The lowest BCUT2D eigenvalue weighted by Crippen LogP contribution is -2.27. The maximum absolute atomic E-state index is 12.8. The molecule has 6 heteroatoms. The normalized spacial score (nSPS) is 12.0. The molecule has 1 unspecified atom stereocenters. The number of benzene rings is 2. The number of rotatable bonds is 7. The molecular formula is C22H25N3O3. The first kappa shape index (κ1) is 19.6. The predicted molar refractivity (Wildman–Crippen MR) is 106 cm³/mol. The molecule has 146 valence electrons. The number of amides is 1. The number of nitrogens with one attached hydrogen (secondary N) is 1. The fraction of sp³-hybridized carbons (Fsp3) is 0.318. The van der Waals surface area contributed by atoms with Crippen LogP contribution in [-0.2, 0) is 6.61 Å². The van der Waals surface area contributed by atoms with Crippen molar-refractivity contribution >= 4 is 5.91 Å². The van der Waals surface area contributed by atoms with Gasteiger partial charge in [0.25, 0.3) is 5.91 Å². The van der Waals surface area contributed by atoms with Gasteiger partial charge in [-0.15, -0.1) is 0 Å². The highest BCUT2D eigenvalue weighted by molar-refractivity contribution is 5.97. The van der Waals surface area contributed by atoms with Crippen LogP contribution in [0.5, 0.6) is 5.75 Å². The smallest absolute Gasteiger partial charge is 0.255 e. The van der Waals surface area contributed by atoms with Gasteiger partial charge in [0.2, 0.25) is 11.7 Å². The van der Waals surface area contributed by atoms with Gasteiger partial charge in [-0.1, -0.05) is 55.4 Å². The molecule has 28 heavy (non-hydrogen) atoms. The predicted octanol–water partition coefficient (Wildman–Crippen LogP) is 4.57. The minimum Gasteiger partial charge on any atom is -0.485 e. The van der Waals surface area contributed by atoms with Gasteiger partial charge >= 0.3 is 0 Å². The number of carbonyl (C=O) groups is 1. The van der Waals surface area contributed by atoms with Crippen LogP contribution >= 0.6 is 0 Å². The van der Waals surface area contributed by atoms with Crippen molar-refractivity contribution in [1.82, 2.24) is 15.5 Å². The lowest BCUT2D eigenvalue weighted by molar-refractivity contribution is 0.0935. The zero-order chi connectivity index (χ0) is 20.1. The van der Waals surface area contributed by atoms with Gasteiger partial charge in [-0.25, -0.2) is 0 Å². The van der Waals surface area contributed by atoms with Gasteiger partial charge in [0.05, 0.1) is 11.6 Å². The molecule has 0 aliphatic heterocycles. The first-order valence-electron chi connectivity index (χ1n) is 9.35. The van der Waals surface area contributed by atoms with Crippen molar-refractivity contribution in [1.29, 1.82) is 0 Å². The van der Waals surface area contributed by atoms with Gasteiger partial charge < -0.3 is 14.6 Å². The van der Waals surface area contributed by atoms with E-state index in [1.54, 1.807) is 19.1 Å². The Morgan fingerprint density at radius 1 is 1.07 bits per heavy atom. The Labute approximate surface area is 164 Å². The van der Waals surface area contributed by atoms with Crippen molar-refractivity contribution in [2.24, 2.45) is 0 Å². The molecule has 1 N–H and O–H groups in total. The van der Waals surface area contributed by atoms with E-state index in [-0.39, 0.29) is 18.6 Å². The van der Waals surface area contributed by atoms with Crippen LogP contribution in [0.25, 0.3) is 0 Å². The lowest BCUT2D eigenvalue weighted by Gasteiger charge is -2.17. The molecule has 0 aliphatic rings. The maximum Gasteiger partial charge on any atom is 0.255 e. The van der Waals surface area contributed by atoms with E-state index in [4.69, 9.17) is 9.26 Å². The van der Waals surface area contributed by atoms with Crippen molar-refractivity contribution in [3.05, 3.63) is 76.9 Å². The van der Waals surface area contributed by atoms with E-state index in [1.807, 2.05) is 19.1 Å². The van der Waals surface area contributed by atoms with Crippen molar-refractivity contribution in [3.8, 4) is 5.75 Å². The Morgan fingerprint density at radius 3 is 2.39 bits per heavy atom. The summed E-state index contributed by atoms with van der Waals surface area (Å²) in [5, 5.41) is 6.84. The number of aryl methyl sites for hydroxylation is 1. The molecule has 0 fully saturated rings. The van der Waals surface area contributed by atoms with E-state index in [2.05, 4.69) is 53.6 Å². The molecule has 0 spiro atoms. The van der Waals surface area contributed by atoms with Crippen LogP contribution < -0.4 is 10.1 Å². The minimum absolute atomic E-state index is 0.123. The third-order valence-corrected chi connectivity index (χ3v) is 4.51. The van der Waals surface area contributed by atoms with Gasteiger partial charge in [-0.3, -0.25) is 4.79 Å². The number of carbonyl (C=O) groups excluding carboxylic acids is 1. The first-order chi connectivity index (χ1) is 13.4. The summed E-state index contributed by atoms with van der Waals surface area (Å²) in [6.45, 7) is 8.13. The topological polar surface area (TPSA) is 77.2 Å². The molecule has 1 amide bonds. The second-order valence-corrected chi connectivity index (χ2v) is 7.03. The minimum atomic E-state index is -0.194. The average molecular weight is 379 g/mol. The van der Waals surface area contributed by atoms with Crippen LogP contribution in [0, 0.1) is 6.92 Å². The molecule has 3 aromatic rings. The van der Waals surface area contributed by atoms with Crippen LogP contribution in [0.3, 0.4) is 0 Å². The summed E-state index contributed by atoms with van der Waals surface area (Å²) in [6.07, 6.45) is 0. The molecule has 2 aromatic carbocycles. The van der Waals surface area contributed by atoms with Gasteiger partial charge in [0.1, 0.15) is 5.75 Å². The molecule has 1 aromatic heterocycles. The summed E-state index contributed by atoms with van der Waals surface area (Å²) in [5.41, 5.74) is 2.80. The fourth-order valence-electron chi connectivity index (χ4n) is 2.85. The van der Waals surface area contributed by atoms with Crippen molar-refractivity contribution in [2.75, 3.05) is 0 Å². The third kappa shape index (κ3) is 4.76. The molecule has 1 atom stereocenters. The van der Waals surface area contributed by atoms with Crippen LogP contribution in [0.2, 0.25) is 0 Å². The molecule has 0 aliphatic carbocycles. The number of ether oxygens (including phenoxy) is 1. The van der Waals surface area contributed by atoms with Gasteiger partial charge in [0, 0.05) is 6.92 Å². The Kier molecular flexibility index (Phi) is 6.09. The van der Waals surface area contributed by atoms with E-state index < -0.39 is 0 Å². The summed E-state index contributed by atoms with van der Waals surface area (Å²) < 4.78 is 10.7.